The molecular weight excluding hydrogens is 308 g/mol. The molecule has 2 aromatic carbocycles. The zero-order valence-electron chi connectivity index (χ0n) is 11.3. The van der Waals surface area contributed by atoms with Crippen molar-refractivity contribution in [2.45, 2.75) is 11.3 Å². The summed E-state index contributed by atoms with van der Waals surface area (Å²) in [5.41, 5.74) is 0.996. The van der Waals surface area contributed by atoms with Crippen LogP contribution >= 0.6 is 0 Å². The molecule has 2 aromatic rings. The number of benzene rings is 2. The van der Waals surface area contributed by atoms with Crippen LogP contribution in [-0.2, 0) is 14.8 Å². The molecule has 3 N–H and O–H groups in total. The molecule has 1 amide bonds. The Balaban J connectivity index is 2.08. The van der Waals surface area contributed by atoms with Crippen LogP contribution in [0.2, 0.25) is 0 Å². The Bertz CT molecular complexity index is 905. The number of aliphatic carboxylic acids is 1. The summed E-state index contributed by atoms with van der Waals surface area (Å²) in [7, 11) is -3.86. The van der Waals surface area contributed by atoms with E-state index in [1.54, 1.807) is 18.2 Å². The lowest BCUT2D eigenvalue weighted by Gasteiger charge is -2.09. The third kappa shape index (κ3) is 2.32. The molecule has 8 heteroatoms. The Labute approximate surface area is 126 Å². The molecule has 0 aliphatic carbocycles. The van der Waals surface area contributed by atoms with Crippen molar-refractivity contribution in [3.05, 3.63) is 35.9 Å². The molecule has 1 aliphatic rings. The van der Waals surface area contributed by atoms with Gasteiger partial charge in [0.25, 0.3) is 5.91 Å². The number of hydrogen-bond donors (Lipinski definition) is 3. The Kier molecular flexibility index (Phi) is 3.34. The minimum atomic E-state index is -3.86. The van der Waals surface area contributed by atoms with Crippen molar-refractivity contribution in [2.75, 3.05) is 11.9 Å². The Morgan fingerprint density at radius 3 is 2.73 bits per heavy atom. The van der Waals surface area contributed by atoms with Gasteiger partial charge < -0.3 is 10.4 Å². The largest absolute Gasteiger partial charge is 0.481 e. The molecule has 0 atom stereocenters. The number of nitrogens with one attached hydrogen (secondary N) is 2. The van der Waals surface area contributed by atoms with E-state index in [0.29, 0.717) is 22.0 Å². The first-order valence-electron chi connectivity index (χ1n) is 6.49. The zero-order valence-corrected chi connectivity index (χ0v) is 12.1. The second-order valence-corrected chi connectivity index (χ2v) is 6.57. The molecule has 3 rings (SSSR count). The van der Waals surface area contributed by atoms with Gasteiger partial charge >= 0.3 is 5.97 Å². The fourth-order valence-corrected chi connectivity index (χ4v) is 3.70. The highest BCUT2D eigenvalue weighted by Gasteiger charge is 2.26. The summed E-state index contributed by atoms with van der Waals surface area (Å²) in [5.74, 6) is -1.35. The van der Waals surface area contributed by atoms with Gasteiger partial charge in [0.15, 0.2) is 0 Å². The summed E-state index contributed by atoms with van der Waals surface area (Å²) in [6.45, 7) is -0.197. The van der Waals surface area contributed by atoms with E-state index in [4.69, 9.17) is 5.11 Å². The second-order valence-electron chi connectivity index (χ2n) is 4.84. The van der Waals surface area contributed by atoms with Gasteiger partial charge in [-0.25, -0.2) is 13.1 Å². The van der Waals surface area contributed by atoms with Gasteiger partial charge in [0.05, 0.1) is 11.3 Å². The van der Waals surface area contributed by atoms with Crippen LogP contribution < -0.4 is 10.0 Å². The molecule has 1 heterocycles. The van der Waals surface area contributed by atoms with Gasteiger partial charge in [-0.05, 0) is 18.2 Å². The van der Waals surface area contributed by atoms with Gasteiger partial charge in [-0.3, -0.25) is 9.59 Å². The molecule has 0 bridgehead atoms. The average molecular weight is 320 g/mol. The third-order valence-corrected chi connectivity index (χ3v) is 4.93. The molecule has 0 unspecified atom stereocenters. The van der Waals surface area contributed by atoms with E-state index in [9.17, 15) is 18.0 Å². The number of rotatable bonds is 5. The molecule has 114 valence electrons. The molecule has 0 aromatic heterocycles. The first kappa shape index (κ1) is 14.5. The highest BCUT2D eigenvalue weighted by atomic mass is 32.2. The molecule has 0 radical (unpaired) electrons. The van der Waals surface area contributed by atoms with Crippen molar-refractivity contribution in [2.24, 2.45) is 0 Å². The van der Waals surface area contributed by atoms with E-state index in [1.165, 1.54) is 12.1 Å². The van der Waals surface area contributed by atoms with Crippen LogP contribution in [0.15, 0.2) is 35.2 Å². The molecular formula is C14H12N2O5S. The van der Waals surface area contributed by atoms with Crippen LogP contribution in [0.5, 0.6) is 0 Å². The summed E-state index contributed by atoms with van der Waals surface area (Å²) in [5, 5.41) is 12.2. The van der Waals surface area contributed by atoms with E-state index >= 15 is 0 Å². The number of anilines is 1. The molecule has 7 nitrogen and oxygen atoms in total. The van der Waals surface area contributed by atoms with Crippen LogP contribution in [0.25, 0.3) is 10.8 Å². The highest BCUT2D eigenvalue weighted by Crippen LogP contribution is 2.36. The number of carbonyl (C=O) groups is 2. The zero-order chi connectivity index (χ0) is 15.9. The topological polar surface area (TPSA) is 113 Å². The molecule has 22 heavy (non-hydrogen) atoms. The predicted molar refractivity (Wildman–Crippen MR) is 79.3 cm³/mol. The van der Waals surface area contributed by atoms with Crippen molar-refractivity contribution in [1.29, 1.82) is 0 Å². The molecule has 0 saturated heterocycles. The first-order valence-corrected chi connectivity index (χ1v) is 7.97. The average Bonchev–Trinajstić information content (AvgIpc) is 2.77. The van der Waals surface area contributed by atoms with E-state index in [-0.39, 0.29) is 23.8 Å². The van der Waals surface area contributed by atoms with Gasteiger partial charge in [0, 0.05) is 28.6 Å². The quantitative estimate of drug-likeness (QED) is 0.765. The van der Waals surface area contributed by atoms with Gasteiger partial charge in [-0.1, -0.05) is 12.1 Å². The summed E-state index contributed by atoms with van der Waals surface area (Å²) in [6, 6.07) is 7.79. The number of amides is 1. The van der Waals surface area contributed by atoms with Crippen molar-refractivity contribution in [1.82, 2.24) is 4.72 Å². The van der Waals surface area contributed by atoms with Gasteiger partial charge in [0.1, 0.15) is 0 Å². The maximum atomic E-state index is 12.3. The predicted octanol–water partition coefficient (Wildman–Crippen LogP) is 1.16. The third-order valence-electron chi connectivity index (χ3n) is 3.41. The lowest BCUT2D eigenvalue weighted by atomic mass is 10.1. The van der Waals surface area contributed by atoms with Crippen LogP contribution in [0.3, 0.4) is 0 Å². The van der Waals surface area contributed by atoms with Crippen molar-refractivity contribution < 1.29 is 23.1 Å². The smallest absolute Gasteiger partial charge is 0.304 e. The molecule has 1 aliphatic heterocycles. The van der Waals surface area contributed by atoms with Gasteiger partial charge in [-0.15, -0.1) is 0 Å². The van der Waals surface area contributed by atoms with Crippen LogP contribution in [0.1, 0.15) is 16.8 Å². The number of carboxylic acids is 1. The maximum Gasteiger partial charge on any atom is 0.304 e. The maximum absolute atomic E-state index is 12.3. The molecule has 0 fully saturated rings. The van der Waals surface area contributed by atoms with Crippen molar-refractivity contribution in [3.8, 4) is 0 Å². The standard InChI is InChI=1S/C14H12N2O5S/c17-12(18)6-7-15-22(20,21)11-5-4-10-13-8(11)2-1-3-9(13)14(19)16-10/h1-5,15H,6-7H2,(H,16,19)(H,17,18). The van der Waals surface area contributed by atoms with Crippen molar-refractivity contribution in [3.63, 3.8) is 0 Å². The van der Waals surface area contributed by atoms with E-state index < -0.39 is 16.0 Å². The van der Waals surface area contributed by atoms with Crippen LogP contribution in [0, 0.1) is 0 Å². The fourth-order valence-electron chi connectivity index (χ4n) is 2.47. The summed E-state index contributed by atoms with van der Waals surface area (Å²) >= 11 is 0. The van der Waals surface area contributed by atoms with E-state index in [1.807, 2.05) is 0 Å². The molecule has 0 saturated carbocycles. The van der Waals surface area contributed by atoms with E-state index in [2.05, 4.69) is 10.0 Å². The van der Waals surface area contributed by atoms with Gasteiger partial charge in [0.2, 0.25) is 10.0 Å². The van der Waals surface area contributed by atoms with Crippen LogP contribution in [0.4, 0.5) is 5.69 Å². The number of carboxylic acid groups (broad SMARTS) is 1. The highest BCUT2D eigenvalue weighted by molar-refractivity contribution is 7.89. The normalized spacial score (nSPS) is 13.4. The SMILES string of the molecule is O=C(O)CCNS(=O)(=O)c1ccc2c3c(cccc13)C(=O)N2. The minimum Gasteiger partial charge on any atom is -0.481 e. The van der Waals surface area contributed by atoms with E-state index in [0.717, 1.165) is 0 Å². The minimum absolute atomic E-state index is 0.0231. The molecule has 0 spiro atoms. The lowest BCUT2D eigenvalue weighted by molar-refractivity contribution is -0.136. The van der Waals surface area contributed by atoms with Crippen molar-refractivity contribution >= 4 is 38.4 Å². The number of sulfonamides is 1. The lowest BCUT2D eigenvalue weighted by Crippen LogP contribution is -2.26. The number of hydrogen-bond acceptors (Lipinski definition) is 4. The first-order chi connectivity index (χ1) is 10.4. The Morgan fingerprint density at radius 2 is 2.00 bits per heavy atom. The summed E-state index contributed by atoms with van der Waals surface area (Å²) in [4.78, 5) is 22.3. The summed E-state index contributed by atoms with van der Waals surface area (Å²) < 4.78 is 26.9. The second kappa shape index (κ2) is 5.08. The van der Waals surface area contributed by atoms with Gasteiger partial charge in [-0.2, -0.15) is 0 Å². The Hall–Kier alpha value is -2.45. The summed E-state index contributed by atoms with van der Waals surface area (Å²) in [6.07, 6.45) is -0.305. The Morgan fingerprint density at radius 1 is 1.23 bits per heavy atom. The monoisotopic (exact) mass is 320 g/mol. The fraction of sp³-hybridized carbons (Fsp3) is 0.143. The number of carbonyl (C=O) groups excluding carboxylic acids is 1. The van der Waals surface area contributed by atoms with Crippen LogP contribution in [-0.4, -0.2) is 31.9 Å².